The summed E-state index contributed by atoms with van der Waals surface area (Å²) in [6.45, 7) is 6.12. The number of methoxy groups -OCH3 is 1. The van der Waals surface area contributed by atoms with Crippen molar-refractivity contribution in [2.45, 2.75) is 39.4 Å². The van der Waals surface area contributed by atoms with Crippen molar-refractivity contribution in [2.24, 2.45) is 0 Å². The standard InChI is InChI=1S/C26H29N3O5/c1-26(2,3)21-15-20(27-24(30)33-16-18-11-7-5-8-12-18)22(32-4)23(28-21)29-25(31)34-17-19-13-9-6-10-14-19/h5-15H,16-17H2,1-4H3,(H2,27,28,29,30,31). The Balaban J connectivity index is 1.77. The van der Waals surface area contributed by atoms with Gasteiger partial charge < -0.3 is 14.2 Å². The molecule has 8 nitrogen and oxygen atoms in total. The van der Waals surface area contributed by atoms with Gasteiger partial charge in [-0.1, -0.05) is 81.4 Å². The Morgan fingerprint density at radius 2 is 1.32 bits per heavy atom. The van der Waals surface area contributed by atoms with Crippen molar-refractivity contribution in [1.29, 1.82) is 0 Å². The maximum absolute atomic E-state index is 12.5. The lowest BCUT2D eigenvalue weighted by Gasteiger charge is -2.22. The zero-order valence-electron chi connectivity index (χ0n) is 19.8. The van der Waals surface area contributed by atoms with Gasteiger partial charge in [-0.25, -0.2) is 14.6 Å². The van der Waals surface area contributed by atoms with Crippen molar-refractivity contribution < 1.29 is 23.8 Å². The minimum absolute atomic E-state index is 0.102. The van der Waals surface area contributed by atoms with E-state index in [4.69, 9.17) is 14.2 Å². The van der Waals surface area contributed by atoms with Crippen LogP contribution in [0.4, 0.5) is 21.1 Å². The van der Waals surface area contributed by atoms with Crippen LogP contribution < -0.4 is 15.4 Å². The van der Waals surface area contributed by atoms with Crippen LogP contribution in [-0.2, 0) is 28.1 Å². The number of nitrogens with one attached hydrogen (secondary N) is 2. The molecule has 8 heteroatoms. The molecule has 0 unspecified atom stereocenters. The molecule has 2 aromatic carbocycles. The molecule has 0 aliphatic rings. The Bertz CT molecular complexity index is 1030. The van der Waals surface area contributed by atoms with Crippen LogP contribution in [0.2, 0.25) is 0 Å². The molecule has 2 N–H and O–H groups in total. The highest BCUT2D eigenvalue weighted by Crippen LogP contribution is 2.36. The average Bonchev–Trinajstić information content (AvgIpc) is 2.82. The van der Waals surface area contributed by atoms with Gasteiger partial charge in [-0.15, -0.1) is 0 Å². The number of anilines is 2. The number of carbonyl (C=O) groups is 2. The van der Waals surface area contributed by atoms with Gasteiger partial charge in [0, 0.05) is 5.41 Å². The van der Waals surface area contributed by atoms with E-state index in [1.807, 2.05) is 81.4 Å². The zero-order valence-corrected chi connectivity index (χ0v) is 19.8. The molecule has 0 atom stereocenters. The second-order valence-electron chi connectivity index (χ2n) is 8.56. The minimum atomic E-state index is -0.696. The number of hydrogen-bond acceptors (Lipinski definition) is 6. The second-order valence-corrected chi connectivity index (χ2v) is 8.56. The van der Waals surface area contributed by atoms with Gasteiger partial charge in [0.2, 0.25) is 0 Å². The highest BCUT2D eigenvalue weighted by Gasteiger charge is 2.24. The average molecular weight is 464 g/mol. The number of pyridine rings is 1. The van der Waals surface area contributed by atoms with E-state index in [-0.39, 0.29) is 30.2 Å². The third-order valence-electron chi connectivity index (χ3n) is 4.83. The Kier molecular flexibility index (Phi) is 8.08. The molecule has 0 bridgehead atoms. The molecule has 1 aromatic heterocycles. The lowest BCUT2D eigenvalue weighted by atomic mass is 9.91. The van der Waals surface area contributed by atoms with E-state index in [2.05, 4.69) is 15.6 Å². The van der Waals surface area contributed by atoms with Crippen molar-refractivity contribution in [2.75, 3.05) is 17.7 Å². The molecule has 0 saturated heterocycles. The molecule has 34 heavy (non-hydrogen) atoms. The van der Waals surface area contributed by atoms with Crippen LogP contribution in [-0.4, -0.2) is 24.3 Å². The van der Waals surface area contributed by atoms with Gasteiger partial charge in [-0.05, 0) is 17.2 Å². The molecule has 2 amide bonds. The second kappa shape index (κ2) is 11.2. The monoisotopic (exact) mass is 463 g/mol. The van der Waals surface area contributed by atoms with E-state index in [0.717, 1.165) is 11.1 Å². The minimum Gasteiger partial charge on any atom is -0.491 e. The van der Waals surface area contributed by atoms with Gasteiger partial charge >= 0.3 is 12.2 Å². The zero-order chi connectivity index (χ0) is 24.6. The Labute approximate surface area is 199 Å². The molecule has 3 aromatic rings. The molecule has 178 valence electrons. The summed E-state index contributed by atoms with van der Waals surface area (Å²) in [4.78, 5) is 29.5. The largest absolute Gasteiger partial charge is 0.491 e. The molecule has 0 aliphatic heterocycles. The fourth-order valence-corrected chi connectivity index (χ4v) is 3.03. The van der Waals surface area contributed by atoms with Gasteiger partial charge in [0.05, 0.1) is 18.5 Å². The Morgan fingerprint density at radius 1 is 0.824 bits per heavy atom. The van der Waals surface area contributed by atoms with Crippen LogP contribution in [0, 0.1) is 0 Å². The third kappa shape index (κ3) is 6.96. The van der Waals surface area contributed by atoms with Crippen LogP contribution in [0.5, 0.6) is 5.75 Å². The molecule has 1 heterocycles. The first-order valence-electron chi connectivity index (χ1n) is 10.8. The summed E-state index contributed by atoms with van der Waals surface area (Å²) in [5, 5.41) is 5.32. The summed E-state index contributed by atoms with van der Waals surface area (Å²) in [5.41, 5.74) is 2.28. The quantitative estimate of drug-likeness (QED) is 0.454. The smallest absolute Gasteiger partial charge is 0.413 e. The number of amides is 2. The first-order chi connectivity index (χ1) is 16.3. The number of aromatic nitrogens is 1. The maximum Gasteiger partial charge on any atom is 0.413 e. The lowest BCUT2D eigenvalue weighted by Crippen LogP contribution is -2.21. The predicted octanol–water partition coefficient (Wildman–Crippen LogP) is 5.89. The van der Waals surface area contributed by atoms with Crippen molar-refractivity contribution >= 4 is 23.7 Å². The third-order valence-corrected chi connectivity index (χ3v) is 4.83. The highest BCUT2D eigenvalue weighted by atomic mass is 16.6. The van der Waals surface area contributed by atoms with Crippen LogP contribution in [0.1, 0.15) is 37.6 Å². The summed E-state index contributed by atoms with van der Waals surface area (Å²) < 4.78 is 16.1. The molecule has 0 fully saturated rings. The van der Waals surface area contributed by atoms with E-state index in [1.54, 1.807) is 6.07 Å². The maximum atomic E-state index is 12.5. The van der Waals surface area contributed by atoms with E-state index < -0.39 is 12.2 Å². The van der Waals surface area contributed by atoms with Crippen molar-refractivity contribution in [3.05, 3.63) is 83.6 Å². The number of rotatable bonds is 7. The summed E-state index contributed by atoms with van der Waals surface area (Å²) in [6, 6.07) is 20.4. The summed E-state index contributed by atoms with van der Waals surface area (Å²) in [7, 11) is 1.43. The predicted molar refractivity (Wildman–Crippen MR) is 130 cm³/mol. The summed E-state index contributed by atoms with van der Waals surface area (Å²) >= 11 is 0. The molecule has 0 aliphatic carbocycles. The SMILES string of the molecule is COc1c(NC(=O)OCc2ccccc2)cc(C(C)(C)C)nc1NC(=O)OCc1ccccc1. The number of ether oxygens (including phenoxy) is 3. The van der Waals surface area contributed by atoms with Gasteiger partial charge in [-0.2, -0.15) is 0 Å². The van der Waals surface area contributed by atoms with Crippen LogP contribution in [0.15, 0.2) is 66.7 Å². The van der Waals surface area contributed by atoms with Gasteiger partial charge in [0.15, 0.2) is 11.6 Å². The lowest BCUT2D eigenvalue weighted by molar-refractivity contribution is 0.154. The van der Waals surface area contributed by atoms with Crippen molar-refractivity contribution in [3.8, 4) is 5.75 Å². The first-order valence-corrected chi connectivity index (χ1v) is 10.8. The van der Waals surface area contributed by atoms with Crippen molar-refractivity contribution in [1.82, 2.24) is 4.98 Å². The molecule has 0 spiro atoms. The Morgan fingerprint density at radius 3 is 1.79 bits per heavy atom. The first kappa shape index (κ1) is 24.6. The fraction of sp³-hybridized carbons (Fsp3) is 0.269. The number of benzene rings is 2. The highest BCUT2D eigenvalue weighted by molar-refractivity contribution is 5.92. The van der Waals surface area contributed by atoms with Gasteiger partial charge in [-0.3, -0.25) is 10.6 Å². The van der Waals surface area contributed by atoms with E-state index in [9.17, 15) is 9.59 Å². The van der Waals surface area contributed by atoms with Crippen molar-refractivity contribution in [3.63, 3.8) is 0 Å². The molecular formula is C26H29N3O5. The topological polar surface area (TPSA) is 98.8 Å². The molecule has 0 saturated carbocycles. The number of carbonyl (C=O) groups excluding carboxylic acids is 2. The van der Waals surface area contributed by atoms with Gasteiger partial charge in [0.25, 0.3) is 0 Å². The van der Waals surface area contributed by atoms with Crippen LogP contribution in [0.25, 0.3) is 0 Å². The molecular weight excluding hydrogens is 434 g/mol. The van der Waals surface area contributed by atoms with E-state index in [0.29, 0.717) is 11.4 Å². The summed E-state index contributed by atoms with van der Waals surface area (Å²) in [5.74, 6) is 0.313. The molecule has 0 radical (unpaired) electrons. The van der Waals surface area contributed by atoms with Gasteiger partial charge in [0.1, 0.15) is 13.2 Å². The Hall–Kier alpha value is -4.07. The number of hydrogen-bond donors (Lipinski definition) is 2. The number of nitrogens with zero attached hydrogens (tertiary/aromatic N) is 1. The fourth-order valence-electron chi connectivity index (χ4n) is 3.03. The van der Waals surface area contributed by atoms with E-state index >= 15 is 0 Å². The molecule has 3 rings (SSSR count). The van der Waals surface area contributed by atoms with E-state index in [1.165, 1.54) is 7.11 Å². The van der Waals surface area contributed by atoms with Crippen LogP contribution >= 0.6 is 0 Å². The normalized spacial score (nSPS) is 10.8. The van der Waals surface area contributed by atoms with Crippen LogP contribution in [0.3, 0.4) is 0 Å². The summed E-state index contributed by atoms with van der Waals surface area (Å²) in [6.07, 6.45) is -1.36.